The van der Waals surface area contributed by atoms with Gasteiger partial charge in [0.05, 0.1) is 0 Å². The van der Waals surface area contributed by atoms with E-state index in [0.717, 1.165) is 24.8 Å². The van der Waals surface area contributed by atoms with Gasteiger partial charge in [-0.3, -0.25) is 4.79 Å². The van der Waals surface area contributed by atoms with Crippen LogP contribution in [-0.4, -0.2) is 6.47 Å². The lowest BCUT2D eigenvalue weighted by Crippen LogP contribution is -2.05. The first-order valence-electron chi connectivity index (χ1n) is 5.85. The highest BCUT2D eigenvalue weighted by Gasteiger charge is 2.13. The van der Waals surface area contributed by atoms with Crippen LogP contribution in [0, 0.1) is 13.8 Å². The molecule has 0 spiro atoms. The summed E-state index contributed by atoms with van der Waals surface area (Å²) in [6.45, 7) is 6.83. The van der Waals surface area contributed by atoms with E-state index in [-0.39, 0.29) is 6.10 Å². The molecule has 0 aliphatic heterocycles. The van der Waals surface area contributed by atoms with Crippen molar-refractivity contribution >= 4 is 6.47 Å². The van der Waals surface area contributed by atoms with Gasteiger partial charge < -0.3 is 4.74 Å². The molecule has 1 aromatic carbocycles. The van der Waals surface area contributed by atoms with Crippen molar-refractivity contribution in [3.05, 3.63) is 34.9 Å². The fourth-order valence-corrected chi connectivity index (χ4v) is 1.94. The molecule has 1 rings (SSSR count). The molecule has 2 heteroatoms. The minimum Gasteiger partial charge on any atom is -0.460 e. The van der Waals surface area contributed by atoms with Gasteiger partial charge in [-0.25, -0.2) is 0 Å². The van der Waals surface area contributed by atoms with Crippen molar-refractivity contribution in [3.63, 3.8) is 0 Å². The fraction of sp³-hybridized carbons (Fsp3) is 0.500. The van der Waals surface area contributed by atoms with Gasteiger partial charge >= 0.3 is 0 Å². The molecule has 0 bridgehead atoms. The minimum atomic E-state index is -0.0851. The Kier molecular flexibility index (Phi) is 5.03. The highest BCUT2D eigenvalue weighted by Crippen LogP contribution is 2.26. The molecule has 0 N–H and O–H groups in total. The summed E-state index contributed by atoms with van der Waals surface area (Å²) in [5.74, 6) is 0. The second-order valence-corrected chi connectivity index (χ2v) is 4.22. The van der Waals surface area contributed by atoms with E-state index in [2.05, 4.69) is 39.0 Å². The van der Waals surface area contributed by atoms with Gasteiger partial charge in [-0.2, -0.15) is 0 Å². The van der Waals surface area contributed by atoms with Crippen molar-refractivity contribution in [2.24, 2.45) is 0 Å². The van der Waals surface area contributed by atoms with Gasteiger partial charge in [0, 0.05) is 0 Å². The zero-order valence-electron chi connectivity index (χ0n) is 10.3. The molecule has 1 aromatic rings. The van der Waals surface area contributed by atoms with Crippen LogP contribution >= 0.6 is 0 Å². The lowest BCUT2D eigenvalue weighted by molar-refractivity contribution is -0.134. The second-order valence-electron chi connectivity index (χ2n) is 4.22. The Labute approximate surface area is 97.6 Å². The third kappa shape index (κ3) is 3.37. The molecule has 1 atom stereocenters. The number of aryl methyl sites for hydroxylation is 2. The van der Waals surface area contributed by atoms with Crippen LogP contribution in [-0.2, 0) is 9.53 Å². The van der Waals surface area contributed by atoms with Gasteiger partial charge in [0.15, 0.2) is 0 Å². The number of carbonyl (C=O) groups excluding carboxylic acids is 1. The van der Waals surface area contributed by atoms with Crippen molar-refractivity contribution in [2.45, 2.75) is 46.1 Å². The van der Waals surface area contributed by atoms with E-state index in [9.17, 15) is 4.79 Å². The Morgan fingerprint density at radius 1 is 1.38 bits per heavy atom. The quantitative estimate of drug-likeness (QED) is 0.683. The second kappa shape index (κ2) is 6.31. The Balaban J connectivity index is 2.86. The van der Waals surface area contributed by atoms with Crippen LogP contribution in [0.4, 0.5) is 0 Å². The molecule has 0 amide bonds. The van der Waals surface area contributed by atoms with Crippen LogP contribution in [0.25, 0.3) is 0 Å². The highest BCUT2D eigenvalue weighted by atomic mass is 16.5. The van der Waals surface area contributed by atoms with Crippen molar-refractivity contribution in [1.29, 1.82) is 0 Å². The molecule has 0 saturated carbocycles. The summed E-state index contributed by atoms with van der Waals surface area (Å²) in [5.41, 5.74) is 3.57. The fourth-order valence-electron chi connectivity index (χ4n) is 1.94. The van der Waals surface area contributed by atoms with E-state index in [0.29, 0.717) is 6.47 Å². The van der Waals surface area contributed by atoms with Gasteiger partial charge in [-0.05, 0) is 37.8 Å². The van der Waals surface area contributed by atoms with Gasteiger partial charge in [-0.15, -0.1) is 0 Å². The van der Waals surface area contributed by atoms with Crippen LogP contribution in [0.5, 0.6) is 0 Å². The maximum Gasteiger partial charge on any atom is 0.293 e. The molecular formula is C14H20O2. The Hall–Kier alpha value is -1.31. The van der Waals surface area contributed by atoms with Crippen LogP contribution in [0.15, 0.2) is 18.2 Å². The monoisotopic (exact) mass is 220 g/mol. The number of carbonyl (C=O) groups is 1. The molecule has 2 nitrogen and oxygen atoms in total. The zero-order chi connectivity index (χ0) is 12.0. The Bertz CT molecular complexity index is 345. The van der Waals surface area contributed by atoms with E-state index in [4.69, 9.17) is 4.74 Å². The smallest absolute Gasteiger partial charge is 0.293 e. The molecule has 0 radical (unpaired) electrons. The molecule has 0 saturated heterocycles. The van der Waals surface area contributed by atoms with Crippen LogP contribution in [0.2, 0.25) is 0 Å². The van der Waals surface area contributed by atoms with Gasteiger partial charge in [0.25, 0.3) is 6.47 Å². The Morgan fingerprint density at radius 3 is 2.69 bits per heavy atom. The zero-order valence-corrected chi connectivity index (χ0v) is 10.3. The molecule has 0 aromatic heterocycles. The number of rotatable bonds is 6. The number of ether oxygens (including phenoxy) is 1. The van der Waals surface area contributed by atoms with E-state index >= 15 is 0 Å². The summed E-state index contributed by atoms with van der Waals surface area (Å²) in [5, 5.41) is 0. The van der Waals surface area contributed by atoms with Gasteiger partial charge in [0.1, 0.15) is 6.10 Å². The summed E-state index contributed by atoms with van der Waals surface area (Å²) >= 11 is 0. The topological polar surface area (TPSA) is 26.3 Å². The number of benzene rings is 1. The van der Waals surface area contributed by atoms with Crippen molar-refractivity contribution in [2.75, 3.05) is 0 Å². The average molecular weight is 220 g/mol. The summed E-state index contributed by atoms with van der Waals surface area (Å²) < 4.78 is 5.17. The maximum absolute atomic E-state index is 10.5. The van der Waals surface area contributed by atoms with E-state index in [1.807, 2.05) is 0 Å². The third-order valence-corrected chi connectivity index (χ3v) is 2.81. The first kappa shape index (κ1) is 12.8. The summed E-state index contributed by atoms with van der Waals surface area (Å²) in [6.07, 6.45) is 3.01. The van der Waals surface area contributed by atoms with Gasteiger partial charge in [0.2, 0.25) is 0 Å². The van der Waals surface area contributed by atoms with Crippen molar-refractivity contribution in [1.82, 2.24) is 0 Å². The summed E-state index contributed by atoms with van der Waals surface area (Å²) in [6, 6.07) is 6.26. The minimum absolute atomic E-state index is 0.0851. The van der Waals surface area contributed by atoms with Crippen LogP contribution < -0.4 is 0 Å². The van der Waals surface area contributed by atoms with Crippen LogP contribution in [0.1, 0.15) is 49.0 Å². The maximum atomic E-state index is 10.5. The first-order valence-corrected chi connectivity index (χ1v) is 5.85. The largest absolute Gasteiger partial charge is 0.460 e. The normalized spacial score (nSPS) is 12.2. The lowest BCUT2D eigenvalue weighted by Gasteiger charge is -2.17. The summed E-state index contributed by atoms with van der Waals surface area (Å²) in [4.78, 5) is 10.5. The van der Waals surface area contributed by atoms with E-state index in [1.165, 1.54) is 11.1 Å². The molecule has 0 aliphatic rings. The molecule has 88 valence electrons. The SMILES string of the molecule is CCCCC(OC=O)c1ccc(C)cc1C. The standard InChI is InChI=1S/C14H20O2/c1-4-5-6-14(16-10-15)13-8-7-11(2)9-12(13)3/h7-10,14H,4-6H2,1-3H3. The van der Waals surface area contributed by atoms with E-state index in [1.54, 1.807) is 0 Å². The number of unbranched alkanes of at least 4 members (excludes halogenated alkanes) is 1. The predicted molar refractivity (Wildman–Crippen MR) is 65.3 cm³/mol. The summed E-state index contributed by atoms with van der Waals surface area (Å²) in [7, 11) is 0. The first-order chi connectivity index (χ1) is 7.69. The highest BCUT2D eigenvalue weighted by molar-refractivity contribution is 5.40. The molecule has 0 heterocycles. The van der Waals surface area contributed by atoms with Crippen molar-refractivity contribution < 1.29 is 9.53 Å². The third-order valence-electron chi connectivity index (χ3n) is 2.81. The lowest BCUT2D eigenvalue weighted by atomic mass is 9.97. The van der Waals surface area contributed by atoms with Gasteiger partial charge in [-0.1, -0.05) is 37.1 Å². The number of hydrogen-bond donors (Lipinski definition) is 0. The molecular weight excluding hydrogens is 200 g/mol. The average Bonchev–Trinajstić information content (AvgIpc) is 2.25. The van der Waals surface area contributed by atoms with Crippen molar-refractivity contribution in [3.8, 4) is 0 Å². The van der Waals surface area contributed by atoms with E-state index < -0.39 is 0 Å². The Morgan fingerprint density at radius 2 is 2.12 bits per heavy atom. The molecule has 0 fully saturated rings. The number of hydrogen-bond acceptors (Lipinski definition) is 2. The van der Waals surface area contributed by atoms with Crippen LogP contribution in [0.3, 0.4) is 0 Å². The molecule has 16 heavy (non-hydrogen) atoms. The molecule has 0 aliphatic carbocycles. The predicted octanol–water partition coefficient (Wildman–Crippen LogP) is 3.71. The molecule has 1 unspecified atom stereocenters.